The summed E-state index contributed by atoms with van der Waals surface area (Å²) in [5.74, 6) is -3.30. The molecule has 0 bridgehead atoms. The molecule has 0 radical (unpaired) electrons. The Morgan fingerprint density at radius 2 is 0.649 bits per heavy atom. The first-order valence-corrected chi connectivity index (χ1v) is 32.1. The van der Waals surface area contributed by atoms with Crippen LogP contribution in [0.1, 0.15) is 96.9 Å². The van der Waals surface area contributed by atoms with Gasteiger partial charge in [0.15, 0.2) is 0 Å². The SMILES string of the molecule is CC.CC1(C)OB(B2OC(C)(C)C(C)(C)O2)OC1(C)C.CC1(C)OB(c2ccc(-c3cccc(F)c3)cc2F)OC1(C)C.Fc1cc(Br)ccc1Br.Fc1cccc(-c2ccc(Br)c(F)c2)c1.OB(O)c1ccc(-c2cccc(F)c2)cc1F.OB(O)c1cccc(F)c1. The molecule has 3 aliphatic heterocycles. The van der Waals surface area contributed by atoms with Crippen LogP contribution in [0.25, 0.3) is 33.4 Å². The maximum Gasteiger partial charge on any atom is 0.497 e. The Morgan fingerprint density at radius 1 is 0.330 bits per heavy atom. The van der Waals surface area contributed by atoms with E-state index >= 15 is 0 Å². The predicted octanol–water partition coefficient (Wildman–Crippen LogP) is 15.8. The zero-order chi connectivity index (χ0) is 70.5. The Kier molecular flexibility index (Phi) is 28.4. The van der Waals surface area contributed by atoms with Crippen LogP contribution in [-0.4, -0.2) is 89.1 Å². The lowest BCUT2D eigenvalue weighted by atomic mass is 9.49. The minimum atomic E-state index is -1.85. The normalized spacial score (nSPS) is 16.3. The van der Waals surface area contributed by atoms with Crippen LogP contribution in [0.15, 0.2) is 183 Å². The number of halogens is 11. The number of hydrogen-bond acceptors (Lipinski definition) is 10. The molecule has 0 aliphatic carbocycles. The zero-order valence-electron chi connectivity index (χ0n) is 54.4. The summed E-state index contributed by atoms with van der Waals surface area (Å²) in [5, 5.41) is 34.8. The molecule has 8 aromatic rings. The van der Waals surface area contributed by atoms with Crippen molar-refractivity contribution in [2.75, 3.05) is 0 Å². The van der Waals surface area contributed by atoms with E-state index < -0.39 is 69.8 Å². The van der Waals surface area contributed by atoms with Crippen LogP contribution in [0.3, 0.4) is 0 Å². The van der Waals surface area contributed by atoms with E-state index in [4.69, 9.17) is 48.0 Å². The smallest absolute Gasteiger partial charge is 0.423 e. The third-order valence-electron chi connectivity index (χ3n) is 16.0. The van der Waals surface area contributed by atoms with Crippen molar-refractivity contribution in [2.45, 2.75) is 131 Å². The predicted molar refractivity (Wildman–Crippen MR) is 370 cm³/mol. The second-order valence-corrected chi connectivity index (χ2v) is 27.0. The molecular formula is C68H74B5Br3F8O10. The van der Waals surface area contributed by atoms with Crippen molar-refractivity contribution in [3.05, 3.63) is 230 Å². The molecule has 3 saturated heterocycles. The van der Waals surface area contributed by atoms with E-state index in [1.165, 1.54) is 91.0 Å². The highest BCUT2D eigenvalue weighted by atomic mass is 79.9. The molecule has 4 N–H and O–H groups in total. The fourth-order valence-corrected chi connectivity index (χ4v) is 9.43. The topological polar surface area (TPSA) is 136 Å². The third kappa shape index (κ3) is 21.5. The summed E-state index contributed by atoms with van der Waals surface area (Å²) in [7, 11) is -5.14. The summed E-state index contributed by atoms with van der Waals surface area (Å²) in [4.78, 5) is 0. The molecule has 0 aromatic heterocycles. The van der Waals surface area contributed by atoms with Gasteiger partial charge in [-0.2, -0.15) is 0 Å². The molecule has 498 valence electrons. The zero-order valence-corrected chi connectivity index (χ0v) is 59.2. The third-order valence-corrected chi connectivity index (χ3v) is 17.8. The quantitative estimate of drug-likeness (QED) is 0.0694. The van der Waals surface area contributed by atoms with Crippen LogP contribution in [0.4, 0.5) is 35.1 Å². The monoisotopic (exact) mass is 1490 g/mol. The van der Waals surface area contributed by atoms with Gasteiger partial charge in [-0.05, 0) is 245 Å². The van der Waals surface area contributed by atoms with Crippen molar-refractivity contribution in [1.82, 2.24) is 0 Å². The van der Waals surface area contributed by atoms with Gasteiger partial charge in [0.1, 0.15) is 46.5 Å². The molecule has 94 heavy (non-hydrogen) atoms. The summed E-state index contributed by atoms with van der Waals surface area (Å²) in [6, 6.07) is 41.3. The molecule has 26 heteroatoms. The lowest BCUT2D eigenvalue weighted by Crippen LogP contribution is -2.41. The highest BCUT2D eigenvalue weighted by Crippen LogP contribution is 2.43. The highest BCUT2D eigenvalue weighted by Gasteiger charge is 2.64. The summed E-state index contributed by atoms with van der Waals surface area (Å²) in [6.45, 7) is 27.9. The molecule has 11 rings (SSSR count). The summed E-state index contributed by atoms with van der Waals surface area (Å²) in [6.07, 6.45) is 0. The lowest BCUT2D eigenvalue weighted by Gasteiger charge is -2.32. The molecule has 0 spiro atoms. The van der Waals surface area contributed by atoms with Crippen LogP contribution >= 0.6 is 47.8 Å². The average molecular weight is 1500 g/mol. The molecule has 3 heterocycles. The largest absolute Gasteiger partial charge is 0.497 e. The highest BCUT2D eigenvalue weighted by molar-refractivity contribution is 9.11. The van der Waals surface area contributed by atoms with Gasteiger partial charge >= 0.3 is 35.4 Å². The van der Waals surface area contributed by atoms with Crippen LogP contribution in [0, 0.1) is 46.5 Å². The Balaban J connectivity index is 0.000000208. The van der Waals surface area contributed by atoms with Gasteiger partial charge in [-0.15, -0.1) is 0 Å². The first-order valence-electron chi connectivity index (χ1n) is 29.7. The van der Waals surface area contributed by atoms with Gasteiger partial charge in [0.25, 0.3) is 0 Å². The minimum absolute atomic E-state index is 0.167. The van der Waals surface area contributed by atoms with Crippen LogP contribution < -0.4 is 16.4 Å². The Labute approximate surface area is 572 Å². The van der Waals surface area contributed by atoms with Crippen molar-refractivity contribution in [2.24, 2.45) is 0 Å². The molecule has 3 aliphatic rings. The van der Waals surface area contributed by atoms with Gasteiger partial charge in [0.2, 0.25) is 0 Å². The van der Waals surface area contributed by atoms with E-state index in [1.807, 2.05) is 96.9 Å². The maximum absolute atomic E-state index is 14.5. The van der Waals surface area contributed by atoms with E-state index in [2.05, 4.69) is 47.8 Å². The van der Waals surface area contributed by atoms with E-state index in [0.29, 0.717) is 47.8 Å². The van der Waals surface area contributed by atoms with Crippen LogP contribution in [0.5, 0.6) is 0 Å². The number of benzene rings is 8. The fourth-order valence-electron chi connectivity index (χ4n) is 8.60. The van der Waals surface area contributed by atoms with Gasteiger partial charge in [-0.25, -0.2) is 35.1 Å². The molecular weight excluding hydrogens is 1420 g/mol. The summed E-state index contributed by atoms with van der Waals surface area (Å²) < 4.78 is 143. The van der Waals surface area contributed by atoms with Crippen LogP contribution in [0.2, 0.25) is 0 Å². The fraction of sp³-hybridized carbons (Fsp3) is 0.294. The van der Waals surface area contributed by atoms with Crippen molar-refractivity contribution < 1.29 is 83.1 Å². The Hall–Kier alpha value is -5.44. The molecule has 3 fully saturated rings. The van der Waals surface area contributed by atoms with Gasteiger partial charge in [-0.3, -0.25) is 0 Å². The molecule has 10 nitrogen and oxygen atoms in total. The number of rotatable bonds is 7. The Bertz CT molecular complexity index is 3730. The summed E-state index contributed by atoms with van der Waals surface area (Å²) in [5.41, 5.74) is 1.41. The maximum atomic E-state index is 14.5. The average Bonchev–Trinajstić information content (AvgIpc) is 1.59. The second-order valence-electron chi connectivity index (χ2n) is 24.3. The lowest BCUT2D eigenvalue weighted by molar-refractivity contribution is 0.00578. The molecule has 0 amide bonds. The summed E-state index contributed by atoms with van der Waals surface area (Å²) >= 11 is 9.24. The number of hydrogen-bond donors (Lipinski definition) is 4. The van der Waals surface area contributed by atoms with Crippen molar-refractivity contribution in [3.8, 4) is 33.4 Å². The first kappa shape index (κ1) is 79.3. The van der Waals surface area contributed by atoms with Gasteiger partial charge in [0, 0.05) is 15.4 Å². The molecule has 8 aromatic carbocycles. The van der Waals surface area contributed by atoms with E-state index in [0.717, 1.165) is 16.6 Å². The molecule has 0 atom stereocenters. The van der Waals surface area contributed by atoms with Gasteiger partial charge < -0.3 is 48.0 Å². The van der Waals surface area contributed by atoms with E-state index in [9.17, 15) is 35.1 Å². The van der Waals surface area contributed by atoms with E-state index in [1.54, 1.807) is 66.7 Å². The van der Waals surface area contributed by atoms with Crippen LogP contribution in [-0.2, 0) is 27.9 Å². The standard InChI is InChI=1S/C18H19BF2O2.C12H24B2O4.C12H9BF2O2.C12H7BrF2.C6H6BFO2.C6H3Br2F.C2H6/c1-17(2)18(3,4)23-19(22-17)15-9-8-13(11-16(15)21)12-6-5-7-14(20)10-12;1-9(2)10(3,4)16-13(15-9)14-17-11(5,6)12(7,8)18-14;14-10-3-1-2-8(6-10)9-4-5-11(13(16)17)12(15)7-9;13-11-5-4-9(7-12(11)15)8-2-1-3-10(14)6-8;8-6-3-1-2-5(4-6)7(9)10;7-4-1-2-5(8)6(9)3-4;1-2/h5-11H,1-4H3;1-8H3;1-7,16-17H;1-7H;1-4,9-10H;1-3H;1-2H3. The van der Waals surface area contributed by atoms with Crippen molar-refractivity contribution >= 4 is 99.6 Å². The van der Waals surface area contributed by atoms with Crippen molar-refractivity contribution in [1.29, 1.82) is 0 Å². The Morgan fingerprint density at radius 3 is 0.968 bits per heavy atom. The molecule has 0 unspecified atom stereocenters. The first-order chi connectivity index (χ1) is 43.7. The van der Waals surface area contributed by atoms with Crippen molar-refractivity contribution in [3.63, 3.8) is 0 Å². The van der Waals surface area contributed by atoms with Gasteiger partial charge in [-0.1, -0.05) is 109 Å². The molecule has 0 saturated carbocycles. The second kappa shape index (κ2) is 33.7. The van der Waals surface area contributed by atoms with Gasteiger partial charge in [0.05, 0.1) is 42.6 Å². The van der Waals surface area contributed by atoms with E-state index in [-0.39, 0.29) is 56.6 Å². The minimum Gasteiger partial charge on any atom is -0.423 e.